The molecule has 3 rings (SSSR count). The number of allylic oxidation sites excluding steroid dienone is 1. The van der Waals surface area contributed by atoms with E-state index in [1.165, 1.54) is 29.5 Å². The number of aryl methyl sites for hydroxylation is 1. The molecule has 0 saturated carbocycles. The third-order valence-electron chi connectivity index (χ3n) is 3.31. The molecule has 0 N–H and O–H groups in total. The number of nitrogens with zero attached hydrogens (tertiary/aromatic N) is 3. The summed E-state index contributed by atoms with van der Waals surface area (Å²) in [4.78, 5) is 14.5. The molecule has 0 radical (unpaired) electrons. The summed E-state index contributed by atoms with van der Waals surface area (Å²) >= 11 is 7.49. The number of furan rings is 1. The van der Waals surface area contributed by atoms with E-state index < -0.39 is 4.92 Å². The number of nitro groups is 1. The molecule has 2 heterocycles. The quantitative estimate of drug-likeness (QED) is 0.350. The van der Waals surface area contributed by atoms with E-state index in [2.05, 4.69) is 11.1 Å². The maximum absolute atomic E-state index is 10.8. The maximum atomic E-state index is 10.8. The van der Waals surface area contributed by atoms with Gasteiger partial charge in [0.1, 0.15) is 22.6 Å². The molecule has 0 aliphatic carbocycles. The number of thiazole rings is 1. The van der Waals surface area contributed by atoms with Crippen LogP contribution >= 0.6 is 22.9 Å². The van der Waals surface area contributed by atoms with E-state index in [-0.39, 0.29) is 10.7 Å². The second-order valence-corrected chi connectivity index (χ2v) is 6.35. The van der Waals surface area contributed by atoms with Gasteiger partial charge in [-0.2, -0.15) is 5.26 Å². The van der Waals surface area contributed by atoms with Crippen LogP contribution in [0.4, 0.5) is 5.69 Å². The van der Waals surface area contributed by atoms with Crippen LogP contribution in [-0.2, 0) is 0 Å². The Hall–Kier alpha value is -2.95. The summed E-state index contributed by atoms with van der Waals surface area (Å²) in [5, 5.41) is 22.8. The van der Waals surface area contributed by atoms with Crippen LogP contribution < -0.4 is 0 Å². The Balaban J connectivity index is 1.94. The second-order valence-electron chi connectivity index (χ2n) is 5.09. The van der Waals surface area contributed by atoms with Gasteiger partial charge in [-0.1, -0.05) is 11.6 Å². The van der Waals surface area contributed by atoms with Gasteiger partial charge in [0.05, 0.1) is 15.5 Å². The molecule has 3 aromatic rings. The highest BCUT2D eigenvalue weighted by atomic mass is 35.5. The lowest BCUT2D eigenvalue weighted by molar-refractivity contribution is -0.384. The van der Waals surface area contributed by atoms with Crippen LogP contribution in [0, 0.1) is 28.4 Å². The van der Waals surface area contributed by atoms with E-state index in [0.29, 0.717) is 27.7 Å². The van der Waals surface area contributed by atoms with Gasteiger partial charge in [0.2, 0.25) is 0 Å². The number of nitriles is 1. The van der Waals surface area contributed by atoms with Crippen LogP contribution in [0.3, 0.4) is 0 Å². The summed E-state index contributed by atoms with van der Waals surface area (Å²) in [6.45, 7) is 1.86. The van der Waals surface area contributed by atoms with Gasteiger partial charge in [0.25, 0.3) is 5.69 Å². The number of halogens is 1. The molecule has 0 amide bonds. The Kier molecular flexibility index (Phi) is 4.65. The summed E-state index contributed by atoms with van der Waals surface area (Å²) in [5.74, 6) is 0.924. The Morgan fingerprint density at radius 3 is 2.84 bits per heavy atom. The van der Waals surface area contributed by atoms with E-state index >= 15 is 0 Å². The van der Waals surface area contributed by atoms with E-state index in [9.17, 15) is 15.4 Å². The van der Waals surface area contributed by atoms with Crippen molar-refractivity contribution in [2.45, 2.75) is 6.92 Å². The number of rotatable bonds is 4. The molecule has 0 bridgehead atoms. The van der Waals surface area contributed by atoms with Crippen LogP contribution in [0.5, 0.6) is 0 Å². The van der Waals surface area contributed by atoms with Gasteiger partial charge in [-0.15, -0.1) is 11.3 Å². The van der Waals surface area contributed by atoms with Crippen molar-refractivity contribution in [3.05, 3.63) is 67.3 Å². The predicted octanol–water partition coefficient (Wildman–Crippen LogP) is 5.34. The minimum atomic E-state index is -0.513. The fourth-order valence-corrected chi connectivity index (χ4v) is 3.19. The molecule has 0 aliphatic heterocycles. The first-order valence-electron chi connectivity index (χ1n) is 7.06. The molecule has 0 aliphatic rings. The van der Waals surface area contributed by atoms with Gasteiger partial charge in [-0.05, 0) is 25.1 Å². The number of hydrogen-bond acceptors (Lipinski definition) is 6. The molecule has 0 fully saturated rings. The van der Waals surface area contributed by atoms with Crippen molar-refractivity contribution in [1.82, 2.24) is 4.98 Å². The minimum Gasteiger partial charge on any atom is -0.457 e. The van der Waals surface area contributed by atoms with Gasteiger partial charge in [0, 0.05) is 34.8 Å². The van der Waals surface area contributed by atoms with Gasteiger partial charge >= 0.3 is 0 Å². The highest BCUT2D eigenvalue weighted by Crippen LogP contribution is 2.33. The molecule has 0 atom stereocenters. The van der Waals surface area contributed by atoms with Crippen molar-refractivity contribution in [3.63, 3.8) is 0 Å². The van der Waals surface area contributed by atoms with Gasteiger partial charge in [-0.25, -0.2) is 4.98 Å². The first-order chi connectivity index (χ1) is 12.0. The molecule has 0 spiro atoms. The number of hydrogen-bond donors (Lipinski definition) is 0. The first-order valence-corrected chi connectivity index (χ1v) is 8.32. The molecular weight excluding hydrogens is 362 g/mol. The molecule has 0 saturated heterocycles. The van der Waals surface area contributed by atoms with Gasteiger partial charge < -0.3 is 4.42 Å². The smallest absolute Gasteiger partial charge is 0.270 e. The van der Waals surface area contributed by atoms with E-state index in [1.807, 2.05) is 12.3 Å². The molecule has 6 nitrogen and oxygen atoms in total. The summed E-state index contributed by atoms with van der Waals surface area (Å²) in [6, 6.07) is 9.66. The molecule has 2 aromatic heterocycles. The molecule has 124 valence electrons. The molecule has 0 unspecified atom stereocenters. The van der Waals surface area contributed by atoms with E-state index in [1.54, 1.807) is 18.2 Å². The third-order valence-corrected chi connectivity index (χ3v) is 4.62. The van der Waals surface area contributed by atoms with Gasteiger partial charge in [-0.3, -0.25) is 10.1 Å². The summed E-state index contributed by atoms with van der Waals surface area (Å²) in [5.41, 5.74) is 1.69. The van der Waals surface area contributed by atoms with Crippen molar-refractivity contribution < 1.29 is 9.34 Å². The monoisotopic (exact) mass is 371 g/mol. The average molecular weight is 372 g/mol. The Morgan fingerprint density at radius 1 is 1.44 bits per heavy atom. The van der Waals surface area contributed by atoms with Crippen LogP contribution in [-0.4, -0.2) is 9.91 Å². The minimum absolute atomic E-state index is 0.0914. The van der Waals surface area contributed by atoms with E-state index in [0.717, 1.165) is 5.69 Å². The standard InChI is InChI=1S/C17H10ClN3O3S/c1-10-9-25-17(20-10)11(8-19)6-13-3-5-16(24-13)14-4-2-12(21(22)23)7-15(14)18/h2-7,9H,1H3/b11-6+. The Morgan fingerprint density at radius 2 is 2.24 bits per heavy atom. The molecule has 8 heteroatoms. The normalized spacial score (nSPS) is 11.3. The van der Waals surface area contributed by atoms with Crippen molar-refractivity contribution in [3.8, 4) is 17.4 Å². The average Bonchev–Trinajstić information content (AvgIpc) is 3.21. The number of nitro benzene ring substituents is 1. The molecular formula is C17H10ClN3O3S. The highest BCUT2D eigenvalue weighted by Gasteiger charge is 2.14. The zero-order chi connectivity index (χ0) is 18.0. The lowest BCUT2D eigenvalue weighted by atomic mass is 10.1. The van der Waals surface area contributed by atoms with Crippen LogP contribution in [0.1, 0.15) is 16.5 Å². The summed E-state index contributed by atoms with van der Waals surface area (Å²) < 4.78 is 5.71. The fraction of sp³-hybridized carbons (Fsp3) is 0.0588. The highest BCUT2D eigenvalue weighted by molar-refractivity contribution is 7.11. The largest absolute Gasteiger partial charge is 0.457 e. The second kappa shape index (κ2) is 6.89. The Labute approximate surface area is 151 Å². The number of aromatic nitrogens is 1. The van der Waals surface area contributed by atoms with Crippen LogP contribution in [0.2, 0.25) is 5.02 Å². The topological polar surface area (TPSA) is 93.0 Å². The van der Waals surface area contributed by atoms with Crippen LogP contribution in [0.15, 0.2) is 40.1 Å². The van der Waals surface area contributed by atoms with Crippen molar-refractivity contribution in [2.75, 3.05) is 0 Å². The Bertz CT molecular complexity index is 1030. The molecule has 1 aromatic carbocycles. The summed E-state index contributed by atoms with van der Waals surface area (Å²) in [7, 11) is 0. The van der Waals surface area contributed by atoms with Crippen molar-refractivity contribution in [1.29, 1.82) is 5.26 Å². The zero-order valence-electron chi connectivity index (χ0n) is 12.9. The summed E-state index contributed by atoms with van der Waals surface area (Å²) in [6.07, 6.45) is 1.60. The lowest BCUT2D eigenvalue weighted by Gasteiger charge is -2.00. The van der Waals surface area contributed by atoms with Crippen LogP contribution in [0.25, 0.3) is 23.0 Å². The van der Waals surface area contributed by atoms with E-state index in [4.69, 9.17) is 16.0 Å². The fourth-order valence-electron chi connectivity index (χ4n) is 2.15. The first kappa shape index (κ1) is 16.9. The van der Waals surface area contributed by atoms with Crippen molar-refractivity contribution in [2.24, 2.45) is 0 Å². The van der Waals surface area contributed by atoms with Crippen molar-refractivity contribution >= 4 is 40.3 Å². The maximum Gasteiger partial charge on any atom is 0.270 e. The molecule has 25 heavy (non-hydrogen) atoms. The van der Waals surface area contributed by atoms with Gasteiger partial charge in [0.15, 0.2) is 0 Å². The number of non-ortho nitro benzene ring substituents is 1. The predicted molar refractivity (Wildman–Crippen MR) is 96.1 cm³/mol. The zero-order valence-corrected chi connectivity index (χ0v) is 14.5. The lowest BCUT2D eigenvalue weighted by Crippen LogP contribution is -1.88. The SMILES string of the molecule is Cc1csc(/C(C#N)=C/c2ccc(-c3ccc([N+](=O)[O-])cc3Cl)o2)n1. The third kappa shape index (κ3) is 3.60. The number of benzene rings is 1.